The second-order valence-electron chi connectivity index (χ2n) is 5.84. The fraction of sp³-hybridized carbons (Fsp3) is 0.533. The van der Waals surface area contributed by atoms with Gasteiger partial charge < -0.3 is 15.3 Å². The minimum atomic E-state index is -0.852. The second kappa shape index (κ2) is 5.07. The quantitative estimate of drug-likeness (QED) is 0.756. The molecule has 0 bridgehead atoms. The van der Waals surface area contributed by atoms with Gasteiger partial charge in [0.1, 0.15) is 0 Å². The largest absolute Gasteiger partial charge is 0.478 e. The molecular weight excluding hydrogens is 254 g/mol. The number of piperidine rings is 1. The van der Waals surface area contributed by atoms with Gasteiger partial charge in [-0.3, -0.25) is 5.32 Å². The maximum absolute atomic E-state index is 11.4. The number of aryl methyl sites for hydroxylation is 1. The van der Waals surface area contributed by atoms with Crippen LogP contribution in [0.5, 0.6) is 0 Å². The highest BCUT2D eigenvalue weighted by Crippen LogP contribution is 2.32. The van der Waals surface area contributed by atoms with E-state index in [1.807, 2.05) is 19.1 Å². The summed E-state index contributed by atoms with van der Waals surface area (Å²) in [5, 5.41) is 16.4. The van der Waals surface area contributed by atoms with Crippen molar-refractivity contribution in [2.45, 2.75) is 25.3 Å². The summed E-state index contributed by atoms with van der Waals surface area (Å²) in [7, 11) is 0. The summed E-state index contributed by atoms with van der Waals surface area (Å²) < 4.78 is 0. The molecule has 0 aromatic heterocycles. The number of hydrogen-bond donors (Lipinski definition) is 3. The summed E-state index contributed by atoms with van der Waals surface area (Å²) in [4.78, 5) is 13.6. The van der Waals surface area contributed by atoms with Crippen molar-refractivity contribution in [1.82, 2.24) is 10.6 Å². The fourth-order valence-corrected chi connectivity index (χ4v) is 3.39. The highest BCUT2D eigenvalue weighted by Gasteiger charge is 2.39. The van der Waals surface area contributed by atoms with Gasteiger partial charge >= 0.3 is 5.97 Å². The third-order valence-corrected chi connectivity index (χ3v) is 4.48. The summed E-state index contributed by atoms with van der Waals surface area (Å²) in [6, 6.07) is 5.49. The van der Waals surface area contributed by atoms with E-state index in [0.717, 1.165) is 50.4 Å². The van der Waals surface area contributed by atoms with Gasteiger partial charge in [0.25, 0.3) is 0 Å². The van der Waals surface area contributed by atoms with Crippen molar-refractivity contribution in [2.24, 2.45) is 0 Å². The molecule has 0 amide bonds. The lowest BCUT2D eigenvalue weighted by Gasteiger charge is -2.34. The van der Waals surface area contributed by atoms with Crippen molar-refractivity contribution in [3.8, 4) is 0 Å². The molecule has 2 aliphatic heterocycles. The van der Waals surface area contributed by atoms with Gasteiger partial charge in [0, 0.05) is 12.1 Å². The molecule has 0 radical (unpaired) electrons. The number of anilines is 1. The molecular formula is C15H21N3O2. The molecule has 0 atom stereocenters. The Morgan fingerprint density at radius 1 is 1.35 bits per heavy atom. The van der Waals surface area contributed by atoms with Crippen LogP contribution in [0.15, 0.2) is 18.2 Å². The summed E-state index contributed by atoms with van der Waals surface area (Å²) in [6.45, 7) is 5.65. The van der Waals surface area contributed by atoms with E-state index >= 15 is 0 Å². The molecule has 0 saturated carbocycles. The maximum atomic E-state index is 11.4. The van der Waals surface area contributed by atoms with Crippen LogP contribution in [0, 0.1) is 6.92 Å². The van der Waals surface area contributed by atoms with E-state index in [-0.39, 0.29) is 5.54 Å². The molecule has 5 nitrogen and oxygen atoms in total. The molecule has 108 valence electrons. The van der Waals surface area contributed by atoms with Crippen molar-refractivity contribution in [3.05, 3.63) is 29.3 Å². The van der Waals surface area contributed by atoms with E-state index in [1.54, 1.807) is 6.07 Å². The molecule has 5 heteroatoms. The fourth-order valence-electron chi connectivity index (χ4n) is 3.39. The molecule has 2 heterocycles. The Balaban J connectivity index is 1.89. The molecule has 3 rings (SSSR count). The summed E-state index contributed by atoms with van der Waals surface area (Å²) in [5.74, 6) is -0.852. The Bertz CT molecular complexity index is 524. The molecule has 0 unspecified atom stereocenters. The van der Waals surface area contributed by atoms with Gasteiger partial charge in [0.2, 0.25) is 0 Å². The predicted molar refractivity (Wildman–Crippen MR) is 78.3 cm³/mol. The molecule has 20 heavy (non-hydrogen) atoms. The van der Waals surface area contributed by atoms with Gasteiger partial charge in [-0.1, -0.05) is 12.1 Å². The first kappa shape index (κ1) is 13.4. The number of carboxylic acid groups (broad SMARTS) is 1. The highest BCUT2D eigenvalue weighted by atomic mass is 16.4. The minimum Gasteiger partial charge on any atom is -0.478 e. The molecule has 1 aromatic carbocycles. The van der Waals surface area contributed by atoms with Crippen LogP contribution in [0.1, 0.15) is 28.8 Å². The van der Waals surface area contributed by atoms with Gasteiger partial charge in [-0.15, -0.1) is 0 Å². The van der Waals surface area contributed by atoms with E-state index < -0.39 is 5.97 Å². The second-order valence-corrected chi connectivity index (χ2v) is 5.84. The average Bonchev–Trinajstić information content (AvgIpc) is 2.82. The highest BCUT2D eigenvalue weighted by molar-refractivity contribution is 5.95. The van der Waals surface area contributed by atoms with E-state index in [1.165, 1.54) is 0 Å². The monoisotopic (exact) mass is 275 g/mol. The van der Waals surface area contributed by atoms with Gasteiger partial charge in [-0.2, -0.15) is 0 Å². The summed E-state index contributed by atoms with van der Waals surface area (Å²) in [6.07, 6.45) is 2.19. The van der Waals surface area contributed by atoms with E-state index in [9.17, 15) is 9.90 Å². The third kappa shape index (κ3) is 2.27. The zero-order valence-electron chi connectivity index (χ0n) is 11.8. The summed E-state index contributed by atoms with van der Waals surface area (Å²) >= 11 is 0. The molecule has 2 saturated heterocycles. The van der Waals surface area contributed by atoms with Crippen LogP contribution in [0.3, 0.4) is 0 Å². The third-order valence-electron chi connectivity index (χ3n) is 4.48. The van der Waals surface area contributed by atoms with Crippen molar-refractivity contribution in [1.29, 1.82) is 0 Å². The molecule has 1 spiro atoms. The topological polar surface area (TPSA) is 64.6 Å². The van der Waals surface area contributed by atoms with E-state index in [4.69, 9.17) is 0 Å². The Kier molecular flexibility index (Phi) is 3.40. The molecule has 0 aliphatic carbocycles. The van der Waals surface area contributed by atoms with Crippen LogP contribution < -0.4 is 15.5 Å². The van der Waals surface area contributed by atoms with Gasteiger partial charge in [-0.25, -0.2) is 4.79 Å². The SMILES string of the molecule is Cc1cccc(C(=O)O)c1N1CNC2(CCNCC2)C1. The first-order chi connectivity index (χ1) is 9.61. The number of benzene rings is 1. The van der Waals surface area contributed by atoms with Crippen LogP contribution >= 0.6 is 0 Å². The van der Waals surface area contributed by atoms with Crippen LogP contribution in [0.25, 0.3) is 0 Å². The van der Waals surface area contributed by atoms with Crippen LogP contribution in [-0.2, 0) is 0 Å². The number of carbonyl (C=O) groups is 1. The van der Waals surface area contributed by atoms with E-state index in [0.29, 0.717) is 5.56 Å². The van der Waals surface area contributed by atoms with Gasteiger partial charge in [-0.05, 0) is 44.5 Å². The molecule has 2 fully saturated rings. The minimum absolute atomic E-state index is 0.142. The number of hydrogen-bond acceptors (Lipinski definition) is 4. The van der Waals surface area contributed by atoms with Gasteiger partial charge in [0.15, 0.2) is 0 Å². The maximum Gasteiger partial charge on any atom is 0.337 e. The molecule has 1 aromatic rings. The standard InChI is InChI=1S/C15H21N3O2/c1-11-3-2-4-12(14(19)20)13(11)18-9-15(17-10-18)5-7-16-8-6-15/h2-4,16-17H,5-10H2,1H3,(H,19,20). The number of aromatic carboxylic acids is 1. The Morgan fingerprint density at radius 3 is 2.80 bits per heavy atom. The predicted octanol–water partition coefficient (Wildman–Crippen LogP) is 1.18. The number of carboxylic acids is 1. The summed E-state index contributed by atoms with van der Waals surface area (Å²) in [5.41, 5.74) is 2.43. The van der Waals surface area contributed by atoms with Crippen LogP contribution in [-0.4, -0.2) is 42.9 Å². The van der Waals surface area contributed by atoms with Crippen LogP contribution in [0.4, 0.5) is 5.69 Å². The number of para-hydroxylation sites is 1. The Labute approximate surface area is 119 Å². The zero-order chi connectivity index (χ0) is 14.2. The van der Waals surface area contributed by atoms with Gasteiger partial charge in [0.05, 0.1) is 17.9 Å². The molecule has 2 aliphatic rings. The Hall–Kier alpha value is -1.59. The first-order valence-electron chi connectivity index (χ1n) is 7.15. The van der Waals surface area contributed by atoms with Crippen molar-refractivity contribution < 1.29 is 9.90 Å². The number of nitrogens with one attached hydrogen (secondary N) is 2. The molecule has 3 N–H and O–H groups in total. The smallest absolute Gasteiger partial charge is 0.337 e. The van der Waals surface area contributed by atoms with Crippen molar-refractivity contribution >= 4 is 11.7 Å². The van der Waals surface area contributed by atoms with E-state index in [2.05, 4.69) is 15.5 Å². The van der Waals surface area contributed by atoms with Crippen LogP contribution in [0.2, 0.25) is 0 Å². The van der Waals surface area contributed by atoms with Crippen molar-refractivity contribution in [2.75, 3.05) is 31.2 Å². The first-order valence-corrected chi connectivity index (χ1v) is 7.15. The van der Waals surface area contributed by atoms with Crippen molar-refractivity contribution in [3.63, 3.8) is 0 Å². The lowest BCUT2D eigenvalue weighted by Crippen LogP contribution is -2.50. The lowest BCUT2D eigenvalue weighted by atomic mass is 9.89. The zero-order valence-corrected chi connectivity index (χ0v) is 11.8. The lowest BCUT2D eigenvalue weighted by molar-refractivity contribution is 0.0697. The normalized spacial score (nSPS) is 21.4. The number of rotatable bonds is 2. The number of nitrogens with zero attached hydrogens (tertiary/aromatic N) is 1. The Morgan fingerprint density at radius 2 is 2.10 bits per heavy atom. The average molecular weight is 275 g/mol.